The average Bonchev–Trinajstić information content (AvgIpc) is 2.56. The number of benzene rings is 2. The third kappa shape index (κ3) is 4.00. The normalized spacial score (nSPS) is 11.5. The number of hydrogen-bond acceptors (Lipinski definition) is 4. The van der Waals surface area contributed by atoms with Crippen LogP contribution in [-0.4, -0.2) is 39.3 Å². The van der Waals surface area contributed by atoms with Crippen LogP contribution >= 0.6 is 0 Å². The highest BCUT2D eigenvalue weighted by Gasteiger charge is 2.24. The number of carbonyl (C=O) groups excluding carboxylic acids is 1. The monoisotopic (exact) mass is 384 g/mol. The van der Waals surface area contributed by atoms with E-state index in [1.165, 1.54) is 32.3 Å². The van der Waals surface area contributed by atoms with E-state index in [4.69, 9.17) is 4.74 Å². The SMILES string of the molecule is CCOc1ccc(NC(=O)c2c(F)cccc2F)cc1S(=O)(=O)N(C)C. The van der Waals surface area contributed by atoms with Gasteiger partial charge in [0.15, 0.2) is 0 Å². The van der Waals surface area contributed by atoms with Gasteiger partial charge in [0.25, 0.3) is 5.91 Å². The van der Waals surface area contributed by atoms with E-state index in [-0.39, 0.29) is 22.9 Å². The average molecular weight is 384 g/mol. The molecule has 0 bridgehead atoms. The lowest BCUT2D eigenvalue weighted by Gasteiger charge is -2.16. The highest BCUT2D eigenvalue weighted by Crippen LogP contribution is 2.29. The van der Waals surface area contributed by atoms with E-state index in [1.807, 2.05) is 0 Å². The summed E-state index contributed by atoms with van der Waals surface area (Å²) in [4.78, 5) is 12.0. The van der Waals surface area contributed by atoms with Gasteiger partial charge in [0, 0.05) is 19.8 Å². The smallest absolute Gasteiger partial charge is 0.261 e. The first kappa shape index (κ1) is 19.8. The summed E-state index contributed by atoms with van der Waals surface area (Å²) >= 11 is 0. The Morgan fingerprint density at radius 2 is 1.77 bits per heavy atom. The van der Waals surface area contributed by atoms with Crippen molar-refractivity contribution in [1.82, 2.24) is 4.31 Å². The molecule has 2 aromatic carbocycles. The topological polar surface area (TPSA) is 75.7 Å². The van der Waals surface area contributed by atoms with Crippen LogP contribution in [0.2, 0.25) is 0 Å². The Balaban J connectivity index is 2.44. The molecule has 0 fully saturated rings. The minimum absolute atomic E-state index is 0.0570. The molecular formula is C17H18F2N2O4S. The fourth-order valence-corrected chi connectivity index (χ4v) is 3.22. The number of amides is 1. The van der Waals surface area contributed by atoms with Gasteiger partial charge in [-0.3, -0.25) is 4.79 Å². The molecule has 6 nitrogen and oxygen atoms in total. The van der Waals surface area contributed by atoms with Crippen molar-refractivity contribution in [2.75, 3.05) is 26.0 Å². The minimum atomic E-state index is -3.86. The van der Waals surface area contributed by atoms with Gasteiger partial charge in [-0.05, 0) is 37.3 Å². The number of ether oxygens (including phenoxy) is 1. The molecule has 0 atom stereocenters. The lowest BCUT2D eigenvalue weighted by Crippen LogP contribution is -2.23. The van der Waals surface area contributed by atoms with Crippen LogP contribution in [0, 0.1) is 11.6 Å². The van der Waals surface area contributed by atoms with E-state index < -0.39 is 33.1 Å². The number of carbonyl (C=O) groups is 1. The van der Waals surface area contributed by atoms with Crippen LogP contribution in [0.5, 0.6) is 5.75 Å². The Bertz CT molecular complexity index is 910. The Morgan fingerprint density at radius 1 is 1.15 bits per heavy atom. The van der Waals surface area contributed by atoms with Crippen molar-refractivity contribution in [1.29, 1.82) is 0 Å². The van der Waals surface area contributed by atoms with Gasteiger partial charge < -0.3 is 10.1 Å². The lowest BCUT2D eigenvalue weighted by molar-refractivity contribution is 0.101. The van der Waals surface area contributed by atoms with Gasteiger partial charge in [0.05, 0.1) is 6.61 Å². The Labute approximate surface area is 150 Å². The summed E-state index contributed by atoms with van der Waals surface area (Å²) in [5.74, 6) is -2.96. The number of halogens is 2. The zero-order valence-electron chi connectivity index (χ0n) is 14.4. The van der Waals surface area contributed by atoms with Gasteiger partial charge >= 0.3 is 0 Å². The zero-order valence-corrected chi connectivity index (χ0v) is 15.2. The fraction of sp³-hybridized carbons (Fsp3) is 0.235. The first-order chi connectivity index (χ1) is 12.2. The first-order valence-electron chi connectivity index (χ1n) is 7.63. The molecular weight excluding hydrogens is 366 g/mol. The Hall–Kier alpha value is -2.52. The van der Waals surface area contributed by atoms with Crippen LogP contribution in [0.1, 0.15) is 17.3 Å². The molecule has 0 unspecified atom stereocenters. The third-order valence-electron chi connectivity index (χ3n) is 3.45. The summed E-state index contributed by atoms with van der Waals surface area (Å²) < 4.78 is 58.7. The van der Waals surface area contributed by atoms with Crippen molar-refractivity contribution >= 4 is 21.6 Å². The summed E-state index contributed by atoms with van der Waals surface area (Å²) in [5.41, 5.74) is -0.695. The van der Waals surface area contributed by atoms with Gasteiger partial charge in [-0.2, -0.15) is 0 Å². The molecule has 9 heteroatoms. The molecule has 0 aromatic heterocycles. The number of rotatable bonds is 6. The molecule has 0 spiro atoms. The summed E-state index contributed by atoms with van der Waals surface area (Å²) in [6.07, 6.45) is 0. The van der Waals surface area contributed by atoms with E-state index in [1.54, 1.807) is 6.92 Å². The third-order valence-corrected chi connectivity index (χ3v) is 5.29. The molecule has 0 aliphatic heterocycles. The second-order valence-corrected chi connectivity index (χ2v) is 7.55. The largest absolute Gasteiger partial charge is 0.492 e. The molecule has 0 aliphatic carbocycles. The second kappa shape index (κ2) is 7.79. The van der Waals surface area contributed by atoms with E-state index in [9.17, 15) is 22.0 Å². The van der Waals surface area contributed by atoms with Crippen LogP contribution in [0.25, 0.3) is 0 Å². The molecule has 0 radical (unpaired) electrons. The molecule has 140 valence electrons. The Kier molecular flexibility index (Phi) is 5.94. The van der Waals surface area contributed by atoms with E-state index in [0.717, 1.165) is 22.5 Å². The standard InChI is InChI=1S/C17H18F2N2O4S/c1-4-25-14-9-8-11(10-15(14)26(23,24)21(2)3)20-17(22)16-12(18)6-5-7-13(16)19/h5-10H,4H2,1-3H3,(H,20,22). The zero-order chi connectivity index (χ0) is 19.5. The maximum Gasteiger partial charge on any atom is 0.261 e. The highest BCUT2D eigenvalue weighted by molar-refractivity contribution is 7.89. The van der Waals surface area contributed by atoms with Gasteiger partial charge in [-0.15, -0.1) is 0 Å². The van der Waals surface area contributed by atoms with Gasteiger partial charge in [-0.25, -0.2) is 21.5 Å². The molecule has 0 aliphatic rings. The second-order valence-electron chi connectivity index (χ2n) is 5.43. The maximum absolute atomic E-state index is 13.7. The molecule has 0 heterocycles. The molecule has 2 rings (SSSR count). The van der Waals surface area contributed by atoms with Crippen LogP contribution in [0.4, 0.5) is 14.5 Å². The summed E-state index contributed by atoms with van der Waals surface area (Å²) in [6, 6.07) is 6.98. The van der Waals surface area contributed by atoms with Crippen molar-refractivity contribution in [3.63, 3.8) is 0 Å². The quantitative estimate of drug-likeness (QED) is 0.831. The molecule has 0 saturated heterocycles. The number of anilines is 1. The summed E-state index contributed by atoms with van der Waals surface area (Å²) in [6.45, 7) is 1.94. The number of nitrogens with one attached hydrogen (secondary N) is 1. The fourth-order valence-electron chi connectivity index (χ4n) is 2.17. The van der Waals surface area contributed by atoms with E-state index in [2.05, 4.69) is 5.32 Å². The van der Waals surface area contributed by atoms with Crippen molar-refractivity contribution in [3.05, 3.63) is 53.6 Å². The van der Waals surface area contributed by atoms with Crippen LogP contribution in [0.3, 0.4) is 0 Å². The molecule has 1 N–H and O–H groups in total. The predicted octanol–water partition coefficient (Wildman–Crippen LogP) is 2.87. The Morgan fingerprint density at radius 3 is 2.31 bits per heavy atom. The van der Waals surface area contributed by atoms with Crippen molar-refractivity contribution in [2.45, 2.75) is 11.8 Å². The van der Waals surface area contributed by atoms with Gasteiger partial charge in [-0.1, -0.05) is 6.07 Å². The van der Waals surface area contributed by atoms with Crippen LogP contribution in [0.15, 0.2) is 41.3 Å². The molecule has 26 heavy (non-hydrogen) atoms. The molecule has 2 aromatic rings. The van der Waals surface area contributed by atoms with Crippen LogP contribution < -0.4 is 10.1 Å². The van der Waals surface area contributed by atoms with Crippen molar-refractivity contribution < 1.29 is 26.7 Å². The minimum Gasteiger partial charge on any atom is -0.492 e. The summed E-state index contributed by atoms with van der Waals surface area (Å²) in [7, 11) is -1.16. The molecule has 0 saturated carbocycles. The van der Waals surface area contributed by atoms with Gasteiger partial charge in [0.2, 0.25) is 10.0 Å². The summed E-state index contributed by atoms with van der Waals surface area (Å²) in [5, 5.41) is 2.30. The molecule has 1 amide bonds. The van der Waals surface area contributed by atoms with Crippen LogP contribution in [-0.2, 0) is 10.0 Å². The predicted molar refractivity (Wildman–Crippen MR) is 92.8 cm³/mol. The highest BCUT2D eigenvalue weighted by atomic mass is 32.2. The van der Waals surface area contributed by atoms with Crippen molar-refractivity contribution in [2.24, 2.45) is 0 Å². The first-order valence-corrected chi connectivity index (χ1v) is 9.07. The van der Waals surface area contributed by atoms with Crippen molar-refractivity contribution in [3.8, 4) is 5.75 Å². The maximum atomic E-state index is 13.7. The number of hydrogen-bond donors (Lipinski definition) is 1. The lowest BCUT2D eigenvalue weighted by atomic mass is 10.1. The number of sulfonamides is 1. The van der Waals surface area contributed by atoms with E-state index in [0.29, 0.717) is 0 Å². The van der Waals surface area contributed by atoms with E-state index >= 15 is 0 Å². The number of nitrogens with zero attached hydrogens (tertiary/aromatic N) is 1. The van der Waals surface area contributed by atoms with Gasteiger partial charge in [0.1, 0.15) is 27.8 Å².